The van der Waals surface area contributed by atoms with Gasteiger partial charge in [0.2, 0.25) is 0 Å². The van der Waals surface area contributed by atoms with Gasteiger partial charge in [0.15, 0.2) is 0 Å². The summed E-state index contributed by atoms with van der Waals surface area (Å²) in [5.41, 5.74) is -0.399. The van der Waals surface area contributed by atoms with Crippen molar-refractivity contribution >= 4 is 17.9 Å². The van der Waals surface area contributed by atoms with Crippen LogP contribution < -0.4 is 5.32 Å². The monoisotopic (exact) mass is 286 g/mol. The van der Waals surface area contributed by atoms with E-state index in [1.807, 2.05) is 25.7 Å². The third-order valence-electron chi connectivity index (χ3n) is 3.56. The van der Waals surface area contributed by atoms with Gasteiger partial charge >= 0.3 is 6.09 Å². The first-order valence-electron chi connectivity index (χ1n) is 7.23. The van der Waals surface area contributed by atoms with Gasteiger partial charge in [-0.1, -0.05) is 0 Å². The zero-order valence-corrected chi connectivity index (χ0v) is 13.1. The summed E-state index contributed by atoms with van der Waals surface area (Å²) < 4.78 is 5.40. The third-order valence-corrected chi connectivity index (χ3v) is 4.79. The van der Waals surface area contributed by atoms with E-state index in [1.165, 1.54) is 17.9 Å². The molecule has 2 fully saturated rings. The van der Waals surface area contributed by atoms with Crippen molar-refractivity contribution in [3.63, 3.8) is 0 Å². The molecule has 0 bridgehead atoms. The van der Waals surface area contributed by atoms with Crippen molar-refractivity contribution in [2.75, 3.05) is 31.1 Å². The molecule has 0 radical (unpaired) electrons. The predicted molar refractivity (Wildman–Crippen MR) is 79.6 cm³/mol. The molecule has 2 aliphatic heterocycles. The molecule has 4 nitrogen and oxygen atoms in total. The van der Waals surface area contributed by atoms with E-state index in [-0.39, 0.29) is 6.09 Å². The zero-order chi connectivity index (χ0) is 13.9. The summed E-state index contributed by atoms with van der Waals surface area (Å²) in [6.45, 7) is 8.43. The molecule has 2 heterocycles. The van der Waals surface area contributed by atoms with Crippen LogP contribution in [0, 0.1) is 5.92 Å². The predicted octanol–water partition coefficient (Wildman–Crippen LogP) is 2.34. The number of hydrogen-bond acceptors (Lipinski definition) is 4. The highest BCUT2D eigenvalue weighted by Crippen LogP contribution is 2.23. The van der Waals surface area contributed by atoms with Crippen LogP contribution in [0.3, 0.4) is 0 Å². The van der Waals surface area contributed by atoms with Crippen molar-refractivity contribution in [3.8, 4) is 0 Å². The molecule has 2 unspecified atom stereocenters. The van der Waals surface area contributed by atoms with Crippen LogP contribution in [0.4, 0.5) is 4.79 Å². The van der Waals surface area contributed by atoms with Crippen molar-refractivity contribution in [1.29, 1.82) is 0 Å². The van der Waals surface area contributed by atoms with Gasteiger partial charge in [-0.3, -0.25) is 0 Å². The number of amides is 1. The number of likely N-dealkylation sites (tertiary alicyclic amines) is 1. The molecule has 1 N–H and O–H groups in total. The Morgan fingerprint density at radius 3 is 2.84 bits per heavy atom. The van der Waals surface area contributed by atoms with Gasteiger partial charge < -0.3 is 15.0 Å². The summed E-state index contributed by atoms with van der Waals surface area (Å²) in [5, 5.41) is 3.61. The van der Waals surface area contributed by atoms with Crippen molar-refractivity contribution in [3.05, 3.63) is 0 Å². The molecule has 0 aromatic rings. The SMILES string of the molecule is CC(C)(C)OC(=O)N1CCC(NCC2CCSC2)C1. The Hall–Kier alpha value is -0.420. The highest BCUT2D eigenvalue weighted by molar-refractivity contribution is 7.99. The quantitative estimate of drug-likeness (QED) is 0.864. The summed E-state index contributed by atoms with van der Waals surface area (Å²) in [5.74, 6) is 3.41. The highest BCUT2D eigenvalue weighted by atomic mass is 32.2. The fraction of sp³-hybridized carbons (Fsp3) is 0.929. The molecule has 2 saturated heterocycles. The van der Waals surface area contributed by atoms with Crippen molar-refractivity contribution in [1.82, 2.24) is 10.2 Å². The highest BCUT2D eigenvalue weighted by Gasteiger charge is 2.30. The first-order valence-corrected chi connectivity index (χ1v) is 8.38. The molecule has 2 atom stereocenters. The Morgan fingerprint density at radius 2 is 2.21 bits per heavy atom. The smallest absolute Gasteiger partial charge is 0.410 e. The van der Waals surface area contributed by atoms with Crippen LogP contribution >= 0.6 is 11.8 Å². The van der Waals surface area contributed by atoms with Crippen molar-refractivity contribution in [2.24, 2.45) is 5.92 Å². The van der Waals surface area contributed by atoms with E-state index in [1.54, 1.807) is 0 Å². The van der Waals surface area contributed by atoms with Gasteiger partial charge in [-0.25, -0.2) is 4.79 Å². The van der Waals surface area contributed by atoms with E-state index >= 15 is 0 Å². The van der Waals surface area contributed by atoms with E-state index in [9.17, 15) is 4.79 Å². The summed E-state index contributed by atoms with van der Waals surface area (Å²) in [6.07, 6.45) is 2.20. The zero-order valence-electron chi connectivity index (χ0n) is 12.3. The Kier molecular flexibility index (Phi) is 5.01. The maximum atomic E-state index is 11.9. The van der Waals surface area contributed by atoms with Crippen LogP contribution in [0.2, 0.25) is 0 Å². The van der Waals surface area contributed by atoms with Gasteiger partial charge in [-0.05, 0) is 57.6 Å². The summed E-state index contributed by atoms with van der Waals surface area (Å²) in [6, 6.07) is 0.443. The molecular formula is C14H26N2O2S. The number of rotatable bonds is 3. The molecule has 5 heteroatoms. The Labute approximate surface area is 120 Å². The third kappa shape index (κ3) is 4.88. The van der Waals surface area contributed by atoms with Crippen LogP contribution in [0.15, 0.2) is 0 Å². The fourth-order valence-corrected chi connectivity index (χ4v) is 3.78. The molecular weight excluding hydrogens is 260 g/mol. The van der Waals surface area contributed by atoms with E-state index in [4.69, 9.17) is 4.74 Å². The second kappa shape index (κ2) is 6.35. The van der Waals surface area contributed by atoms with Crippen LogP contribution in [-0.4, -0.2) is 53.8 Å². The van der Waals surface area contributed by atoms with Crippen LogP contribution in [0.1, 0.15) is 33.6 Å². The number of hydrogen-bond donors (Lipinski definition) is 1. The molecule has 0 aromatic heterocycles. The van der Waals surface area contributed by atoms with Crippen molar-refractivity contribution in [2.45, 2.75) is 45.3 Å². The average Bonchev–Trinajstić information content (AvgIpc) is 2.96. The van der Waals surface area contributed by atoms with Crippen molar-refractivity contribution < 1.29 is 9.53 Å². The molecule has 2 aliphatic rings. The standard InChI is InChI=1S/C14H26N2O2S/c1-14(2,3)18-13(17)16-6-4-12(9-16)15-8-11-5-7-19-10-11/h11-12,15H,4-10H2,1-3H3. The molecule has 1 amide bonds. The Bertz CT molecular complexity index is 311. The largest absolute Gasteiger partial charge is 0.444 e. The van der Waals surface area contributed by atoms with Crippen LogP contribution in [-0.2, 0) is 4.74 Å². The minimum Gasteiger partial charge on any atom is -0.444 e. The lowest BCUT2D eigenvalue weighted by molar-refractivity contribution is 0.0291. The number of carbonyl (C=O) groups excluding carboxylic acids is 1. The lowest BCUT2D eigenvalue weighted by atomic mass is 10.1. The second-order valence-corrected chi connectivity index (χ2v) is 7.70. The molecule has 0 spiro atoms. The van der Waals surface area contributed by atoms with Crippen LogP contribution in [0.25, 0.3) is 0 Å². The topological polar surface area (TPSA) is 41.6 Å². The number of ether oxygens (including phenoxy) is 1. The molecule has 0 saturated carbocycles. The average molecular weight is 286 g/mol. The first-order chi connectivity index (χ1) is 8.94. The van der Waals surface area contributed by atoms with Crippen LogP contribution in [0.5, 0.6) is 0 Å². The van der Waals surface area contributed by atoms with Gasteiger partial charge in [0.1, 0.15) is 5.60 Å². The summed E-state index contributed by atoms with van der Waals surface area (Å²) in [4.78, 5) is 13.8. The number of thioether (sulfide) groups is 1. The van der Waals surface area contributed by atoms with Gasteiger partial charge in [0.25, 0.3) is 0 Å². The lowest BCUT2D eigenvalue weighted by Crippen LogP contribution is -2.39. The minimum absolute atomic E-state index is 0.173. The first kappa shape index (κ1) is 15.0. The maximum absolute atomic E-state index is 11.9. The number of nitrogens with zero attached hydrogens (tertiary/aromatic N) is 1. The van der Waals surface area contributed by atoms with E-state index in [0.717, 1.165) is 32.0 Å². The van der Waals surface area contributed by atoms with Gasteiger partial charge in [0, 0.05) is 19.1 Å². The maximum Gasteiger partial charge on any atom is 0.410 e. The minimum atomic E-state index is -0.399. The molecule has 2 rings (SSSR count). The van der Waals surface area contributed by atoms with Gasteiger partial charge in [0.05, 0.1) is 0 Å². The number of nitrogens with one attached hydrogen (secondary N) is 1. The van der Waals surface area contributed by atoms with Gasteiger partial charge in [-0.15, -0.1) is 0 Å². The van der Waals surface area contributed by atoms with E-state index in [0.29, 0.717) is 6.04 Å². The Morgan fingerprint density at radius 1 is 1.42 bits per heavy atom. The van der Waals surface area contributed by atoms with Gasteiger partial charge in [-0.2, -0.15) is 11.8 Å². The molecule has 110 valence electrons. The molecule has 0 aliphatic carbocycles. The fourth-order valence-electron chi connectivity index (χ4n) is 2.50. The number of carbonyl (C=O) groups is 1. The van der Waals surface area contributed by atoms with E-state index < -0.39 is 5.60 Å². The molecule has 0 aromatic carbocycles. The summed E-state index contributed by atoms with van der Waals surface area (Å²) in [7, 11) is 0. The molecule has 19 heavy (non-hydrogen) atoms. The normalized spacial score (nSPS) is 27.8. The lowest BCUT2D eigenvalue weighted by Gasteiger charge is -2.24. The van der Waals surface area contributed by atoms with E-state index in [2.05, 4.69) is 17.1 Å². The summed E-state index contributed by atoms with van der Waals surface area (Å²) >= 11 is 2.05. The second-order valence-electron chi connectivity index (χ2n) is 6.55. The Balaban J connectivity index is 1.68.